The fourth-order valence-corrected chi connectivity index (χ4v) is 2.96. The fourth-order valence-electron chi connectivity index (χ4n) is 2.96. The van der Waals surface area contributed by atoms with Gasteiger partial charge in [-0.25, -0.2) is 4.79 Å². The van der Waals surface area contributed by atoms with E-state index in [0.717, 1.165) is 6.42 Å². The van der Waals surface area contributed by atoms with Crippen molar-refractivity contribution in [3.8, 4) is 0 Å². The second-order valence-corrected chi connectivity index (χ2v) is 5.17. The molecule has 1 heterocycles. The lowest BCUT2D eigenvalue weighted by Crippen LogP contribution is -2.50. The smallest absolute Gasteiger partial charge is 0.329 e. The van der Waals surface area contributed by atoms with Gasteiger partial charge in [0.05, 0.1) is 4.92 Å². The van der Waals surface area contributed by atoms with Crippen LogP contribution in [-0.2, 0) is 4.79 Å². The van der Waals surface area contributed by atoms with Gasteiger partial charge in [-0.05, 0) is 32.3 Å². The van der Waals surface area contributed by atoms with Gasteiger partial charge in [0, 0.05) is 23.9 Å². The standard InChI is InChI=1S/C14H18N2O4/c1-3-14(13(17)18)7-4-8-15(14)11-6-5-10(2)12(9-11)16(19)20/h5-6,9H,3-4,7-8H2,1-2H3,(H,17,18). The molecule has 6 heteroatoms. The molecule has 1 aromatic carbocycles. The second-order valence-electron chi connectivity index (χ2n) is 5.17. The second kappa shape index (κ2) is 5.11. The molecule has 1 aliphatic heterocycles. The van der Waals surface area contributed by atoms with Crippen molar-refractivity contribution in [3.05, 3.63) is 33.9 Å². The number of benzene rings is 1. The average Bonchev–Trinajstić information content (AvgIpc) is 2.84. The molecule has 1 N–H and O–H groups in total. The van der Waals surface area contributed by atoms with Crippen LogP contribution in [0.1, 0.15) is 31.7 Å². The van der Waals surface area contributed by atoms with Gasteiger partial charge in [-0.15, -0.1) is 0 Å². The van der Waals surface area contributed by atoms with Gasteiger partial charge in [0.2, 0.25) is 0 Å². The van der Waals surface area contributed by atoms with Crippen molar-refractivity contribution >= 4 is 17.3 Å². The Morgan fingerprint density at radius 2 is 2.25 bits per heavy atom. The SMILES string of the molecule is CCC1(C(=O)O)CCCN1c1ccc(C)c([N+](=O)[O-])c1. The number of hydrogen-bond acceptors (Lipinski definition) is 4. The van der Waals surface area contributed by atoms with Gasteiger partial charge in [-0.2, -0.15) is 0 Å². The van der Waals surface area contributed by atoms with E-state index in [0.29, 0.717) is 30.6 Å². The summed E-state index contributed by atoms with van der Waals surface area (Å²) in [5.74, 6) is -0.860. The first-order valence-electron chi connectivity index (χ1n) is 6.68. The molecular weight excluding hydrogens is 260 g/mol. The summed E-state index contributed by atoms with van der Waals surface area (Å²) < 4.78 is 0. The molecule has 0 saturated carbocycles. The quantitative estimate of drug-likeness (QED) is 0.676. The van der Waals surface area contributed by atoms with Crippen LogP contribution >= 0.6 is 0 Å². The summed E-state index contributed by atoms with van der Waals surface area (Å²) in [6, 6.07) is 4.92. The number of carbonyl (C=O) groups is 1. The minimum absolute atomic E-state index is 0.0322. The number of aryl methyl sites for hydroxylation is 1. The zero-order valence-corrected chi connectivity index (χ0v) is 11.6. The number of carboxylic acids is 1. The monoisotopic (exact) mass is 278 g/mol. The molecule has 108 valence electrons. The Labute approximate surface area is 117 Å². The molecule has 0 radical (unpaired) electrons. The average molecular weight is 278 g/mol. The van der Waals surface area contributed by atoms with Crippen molar-refractivity contribution in [3.63, 3.8) is 0 Å². The van der Waals surface area contributed by atoms with Gasteiger partial charge in [-0.3, -0.25) is 10.1 Å². The highest BCUT2D eigenvalue weighted by Gasteiger charge is 2.46. The molecule has 0 amide bonds. The summed E-state index contributed by atoms with van der Waals surface area (Å²) in [5.41, 5.74) is 0.285. The van der Waals surface area contributed by atoms with E-state index in [4.69, 9.17) is 0 Å². The summed E-state index contributed by atoms with van der Waals surface area (Å²) in [4.78, 5) is 24.0. The molecule has 1 aliphatic rings. The fraction of sp³-hybridized carbons (Fsp3) is 0.500. The normalized spacial score (nSPS) is 22.0. The maximum absolute atomic E-state index is 11.6. The van der Waals surface area contributed by atoms with Crippen LogP contribution in [0.25, 0.3) is 0 Å². The molecule has 20 heavy (non-hydrogen) atoms. The minimum atomic E-state index is -0.941. The summed E-state index contributed by atoms with van der Waals surface area (Å²) in [5, 5.41) is 20.6. The largest absolute Gasteiger partial charge is 0.479 e. The van der Waals surface area contributed by atoms with Gasteiger partial charge >= 0.3 is 5.97 Å². The Morgan fingerprint density at radius 3 is 2.80 bits per heavy atom. The van der Waals surface area contributed by atoms with Gasteiger partial charge in [0.1, 0.15) is 5.54 Å². The lowest BCUT2D eigenvalue weighted by molar-refractivity contribution is -0.385. The maximum atomic E-state index is 11.6. The van der Waals surface area contributed by atoms with Crippen LogP contribution < -0.4 is 4.90 Å². The van der Waals surface area contributed by atoms with Crippen molar-refractivity contribution in [1.82, 2.24) is 0 Å². The highest BCUT2D eigenvalue weighted by atomic mass is 16.6. The Morgan fingerprint density at radius 1 is 1.55 bits per heavy atom. The predicted molar refractivity (Wildman–Crippen MR) is 75.1 cm³/mol. The minimum Gasteiger partial charge on any atom is -0.479 e. The van der Waals surface area contributed by atoms with E-state index in [2.05, 4.69) is 0 Å². The molecule has 6 nitrogen and oxygen atoms in total. The zero-order chi connectivity index (χ0) is 14.9. The molecular formula is C14H18N2O4. The Hall–Kier alpha value is -2.11. The number of hydrogen-bond donors (Lipinski definition) is 1. The van der Waals surface area contributed by atoms with Crippen LogP contribution in [0.2, 0.25) is 0 Å². The van der Waals surface area contributed by atoms with Crippen molar-refractivity contribution in [2.24, 2.45) is 0 Å². The Bertz CT molecular complexity index is 558. The van der Waals surface area contributed by atoms with Gasteiger partial charge in [-0.1, -0.05) is 13.0 Å². The number of rotatable bonds is 4. The molecule has 0 aromatic heterocycles. The lowest BCUT2D eigenvalue weighted by Gasteiger charge is -2.35. The van der Waals surface area contributed by atoms with Crippen LogP contribution in [0.3, 0.4) is 0 Å². The number of carboxylic acid groups (broad SMARTS) is 1. The molecule has 1 aromatic rings. The van der Waals surface area contributed by atoms with Crippen molar-refractivity contribution in [1.29, 1.82) is 0 Å². The van der Waals surface area contributed by atoms with Crippen molar-refractivity contribution in [2.75, 3.05) is 11.4 Å². The molecule has 2 rings (SSSR count). The van der Waals surface area contributed by atoms with Gasteiger partial charge in [0.25, 0.3) is 5.69 Å². The van der Waals surface area contributed by atoms with Crippen molar-refractivity contribution in [2.45, 2.75) is 38.6 Å². The van der Waals surface area contributed by atoms with E-state index in [-0.39, 0.29) is 5.69 Å². The molecule has 1 fully saturated rings. The Balaban J connectivity index is 2.48. The van der Waals surface area contributed by atoms with Crippen LogP contribution in [-0.4, -0.2) is 28.1 Å². The number of nitrogens with zero attached hydrogens (tertiary/aromatic N) is 2. The van der Waals surface area contributed by atoms with Crippen LogP contribution in [0.4, 0.5) is 11.4 Å². The third kappa shape index (κ3) is 2.11. The van der Waals surface area contributed by atoms with E-state index < -0.39 is 16.4 Å². The van der Waals surface area contributed by atoms with E-state index in [9.17, 15) is 20.0 Å². The van der Waals surface area contributed by atoms with Crippen molar-refractivity contribution < 1.29 is 14.8 Å². The highest BCUT2D eigenvalue weighted by Crippen LogP contribution is 2.38. The van der Waals surface area contributed by atoms with E-state index in [1.807, 2.05) is 6.92 Å². The summed E-state index contributed by atoms with van der Waals surface area (Å²) >= 11 is 0. The van der Waals surface area contributed by atoms with Gasteiger partial charge in [0.15, 0.2) is 0 Å². The van der Waals surface area contributed by atoms with E-state index >= 15 is 0 Å². The summed E-state index contributed by atoms with van der Waals surface area (Å²) in [6.07, 6.45) is 1.83. The number of nitro benzene ring substituents is 1. The third-order valence-corrected chi connectivity index (χ3v) is 4.17. The number of aliphatic carboxylic acids is 1. The molecule has 0 bridgehead atoms. The van der Waals surface area contributed by atoms with E-state index in [1.54, 1.807) is 24.0 Å². The summed E-state index contributed by atoms with van der Waals surface area (Å²) in [6.45, 7) is 4.13. The summed E-state index contributed by atoms with van der Waals surface area (Å²) in [7, 11) is 0. The van der Waals surface area contributed by atoms with Crippen LogP contribution in [0.5, 0.6) is 0 Å². The zero-order valence-electron chi connectivity index (χ0n) is 11.6. The molecule has 0 spiro atoms. The van der Waals surface area contributed by atoms with Crippen LogP contribution in [0.15, 0.2) is 18.2 Å². The molecule has 0 aliphatic carbocycles. The van der Waals surface area contributed by atoms with Gasteiger partial charge < -0.3 is 10.0 Å². The van der Waals surface area contributed by atoms with Crippen LogP contribution in [0, 0.1) is 17.0 Å². The first-order chi connectivity index (χ1) is 9.42. The molecule has 1 saturated heterocycles. The lowest BCUT2D eigenvalue weighted by atomic mass is 9.92. The maximum Gasteiger partial charge on any atom is 0.329 e. The first kappa shape index (κ1) is 14.3. The number of nitro groups is 1. The topological polar surface area (TPSA) is 83.7 Å². The number of anilines is 1. The third-order valence-electron chi connectivity index (χ3n) is 4.17. The first-order valence-corrected chi connectivity index (χ1v) is 6.68. The highest BCUT2D eigenvalue weighted by molar-refractivity contribution is 5.84. The van der Waals surface area contributed by atoms with E-state index in [1.165, 1.54) is 6.07 Å². The molecule has 1 unspecified atom stereocenters. The molecule has 1 atom stereocenters. The Kier molecular flexibility index (Phi) is 3.65. The predicted octanol–water partition coefficient (Wildman–Crippen LogP) is 2.74.